The Morgan fingerprint density at radius 3 is 2.79 bits per heavy atom. The number of phenolic OH excluding ortho intramolecular Hbond substituents is 1. The van der Waals surface area contributed by atoms with Gasteiger partial charge in [-0.05, 0) is 24.3 Å². The fraction of sp³-hybridized carbons (Fsp3) is 0.0909. The summed E-state index contributed by atoms with van der Waals surface area (Å²) < 4.78 is 10.2. The van der Waals surface area contributed by atoms with E-state index < -0.39 is 0 Å². The summed E-state index contributed by atoms with van der Waals surface area (Å²) in [5.74, 6) is 1.48. The summed E-state index contributed by atoms with van der Waals surface area (Å²) in [5.41, 5.74) is 0.798. The van der Waals surface area contributed by atoms with E-state index in [1.165, 1.54) is 0 Å². The van der Waals surface area contributed by atoms with Crippen LogP contribution in [0.1, 0.15) is 0 Å². The number of hydrogen-bond acceptors (Lipinski definition) is 3. The van der Waals surface area contributed by atoms with Crippen LogP contribution in [0.25, 0.3) is 11.3 Å². The molecular formula is C11H10O3. The van der Waals surface area contributed by atoms with Crippen LogP contribution in [0.5, 0.6) is 11.5 Å². The summed E-state index contributed by atoms with van der Waals surface area (Å²) in [6.07, 6.45) is 1.59. The summed E-state index contributed by atoms with van der Waals surface area (Å²) >= 11 is 0. The molecule has 0 atom stereocenters. The molecule has 0 aliphatic heterocycles. The first-order valence-electron chi connectivity index (χ1n) is 4.21. The molecule has 0 unspecified atom stereocenters. The standard InChI is InChI=1S/C11H10O3/c1-13-10-6-8(5-9(12)7-10)11-3-2-4-14-11/h2-7,12H,1H3. The molecule has 3 heteroatoms. The van der Waals surface area contributed by atoms with E-state index in [2.05, 4.69) is 0 Å². The quantitative estimate of drug-likeness (QED) is 0.791. The van der Waals surface area contributed by atoms with Crippen LogP contribution in [0.2, 0.25) is 0 Å². The van der Waals surface area contributed by atoms with Crippen molar-refractivity contribution in [2.45, 2.75) is 0 Å². The van der Waals surface area contributed by atoms with Crippen molar-refractivity contribution in [1.29, 1.82) is 0 Å². The first-order chi connectivity index (χ1) is 6.79. The van der Waals surface area contributed by atoms with Gasteiger partial charge in [0.05, 0.1) is 13.4 Å². The van der Waals surface area contributed by atoms with Crippen LogP contribution in [0.3, 0.4) is 0 Å². The molecule has 0 radical (unpaired) electrons. The normalized spacial score (nSPS) is 10.1. The van der Waals surface area contributed by atoms with Crippen molar-refractivity contribution in [2.75, 3.05) is 7.11 Å². The maximum atomic E-state index is 9.40. The summed E-state index contributed by atoms with van der Waals surface area (Å²) in [6.45, 7) is 0. The highest BCUT2D eigenvalue weighted by Gasteiger charge is 2.04. The Hall–Kier alpha value is -1.90. The third-order valence-corrected chi connectivity index (χ3v) is 1.93. The molecule has 0 saturated carbocycles. The highest BCUT2D eigenvalue weighted by molar-refractivity contribution is 5.62. The number of rotatable bonds is 2. The largest absolute Gasteiger partial charge is 0.508 e. The topological polar surface area (TPSA) is 42.6 Å². The van der Waals surface area contributed by atoms with E-state index >= 15 is 0 Å². The number of phenols is 1. The average molecular weight is 190 g/mol. The second-order valence-electron chi connectivity index (χ2n) is 2.90. The van der Waals surface area contributed by atoms with E-state index in [-0.39, 0.29) is 5.75 Å². The maximum absolute atomic E-state index is 9.40. The first-order valence-corrected chi connectivity index (χ1v) is 4.21. The van der Waals surface area contributed by atoms with Crippen LogP contribution in [-0.2, 0) is 0 Å². The van der Waals surface area contributed by atoms with Gasteiger partial charge < -0.3 is 14.3 Å². The monoisotopic (exact) mass is 190 g/mol. The van der Waals surface area contributed by atoms with Gasteiger partial charge in [-0.2, -0.15) is 0 Å². The second-order valence-corrected chi connectivity index (χ2v) is 2.90. The summed E-state index contributed by atoms with van der Waals surface area (Å²) in [7, 11) is 1.56. The van der Waals surface area contributed by atoms with Crippen LogP contribution in [-0.4, -0.2) is 12.2 Å². The van der Waals surface area contributed by atoms with E-state index in [0.717, 1.165) is 5.56 Å². The molecular weight excluding hydrogens is 180 g/mol. The van der Waals surface area contributed by atoms with Crippen LogP contribution in [0.15, 0.2) is 41.0 Å². The van der Waals surface area contributed by atoms with Gasteiger partial charge in [0.2, 0.25) is 0 Å². The molecule has 2 rings (SSSR count). The minimum Gasteiger partial charge on any atom is -0.508 e. The lowest BCUT2D eigenvalue weighted by Gasteiger charge is -2.03. The third-order valence-electron chi connectivity index (χ3n) is 1.93. The maximum Gasteiger partial charge on any atom is 0.134 e. The second kappa shape index (κ2) is 3.46. The van der Waals surface area contributed by atoms with Crippen molar-refractivity contribution >= 4 is 0 Å². The van der Waals surface area contributed by atoms with Crippen molar-refractivity contribution in [2.24, 2.45) is 0 Å². The van der Waals surface area contributed by atoms with Gasteiger partial charge in [0.1, 0.15) is 17.3 Å². The minimum atomic E-state index is 0.163. The van der Waals surface area contributed by atoms with Gasteiger partial charge in [-0.3, -0.25) is 0 Å². The summed E-state index contributed by atoms with van der Waals surface area (Å²) in [5, 5.41) is 9.40. The van der Waals surface area contributed by atoms with Crippen molar-refractivity contribution < 1.29 is 14.3 Å². The minimum absolute atomic E-state index is 0.163. The Balaban J connectivity index is 2.48. The van der Waals surface area contributed by atoms with Gasteiger partial charge in [-0.1, -0.05) is 0 Å². The van der Waals surface area contributed by atoms with Gasteiger partial charge in [0.15, 0.2) is 0 Å². The van der Waals surface area contributed by atoms with E-state index in [4.69, 9.17) is 9.15 Å². The first kappa shape index (κ1) is 8.69. The molecule has 1 N–H and O–H groups in total. The van der Waals surface area contributed by atoms with Crippen LogP contribution in [0, 0.1) is 0 Å². The molecule has 2 aromatic rings. The van der Waals surface area contributed by atoms with Crippen molar-refractivity contribution in [3.8, 4) is 22.8 Å². The molecule has 0 saturated heterocycles. The number of aromatic hydroxyl groups is 1. The highest BCUT2D eigenvalue weighted by Crippen LogP contribution is 2.29. The lowest BCUT2D eigenvalue weighted by atomic mass is 10.1. The van der Waals surface area contributed by atoms with Crippen LogP contribution < -0.4 is 4.74 Å². The van der Waals surface area contributed by atoms with E-state index in [1.54, 1.807) is 37.6 Å². The highest BCUT2D eigenvalue weighted by atomic mass is 16.5. The molecule has 0 fully saturated rings. The number of benzene rings is 1. The molecule has 3 nitrogen and oxygen atoms in total. The Morgan fingerprint density at radius 2 is 2.14 bits per heavy atom. The Morgan fingerprint density at radius 1 is 1.29 bits per heavy atom. The SMILES string of the molecule is COc1cc(O)cc(-c2ccco2)c1. The molecule has 0 aliphatic rings. The Kier molecular flexibility index (Phi) is 2.14. The molecule has 1 heterocycles. The molecule has 0 amide bonds. The zero-order valence-electron chi connectivity index (χ0n) is 7.73. The summed E-state index contributed by atoms with van der Waals surface area (Å²) in [6, 6.07) is 8.60. The molecule has 0 spiro atoms. The smallest absolute Gasteiger partial charge is 0.134 e. The lowest BCUT2D eigenvalue weighted by molar-refractivity contribution is 0.407. The zero-order valence-corrected chi connectivity index (χ0v) is 7.73. The molecule has 0 bridgehead atoms. The molecule has 1 aromatic carbocycles. The Labute approximate surface area is 81.6 Å². The number of methoxy groups -OCH3 is 1. The number of ether oxygens (including phenoxy) is 1. The van der Waals surface area contributed by atoms with Gasteiger partial charge in [-0.25, -0.2) is 0 Å². The number of furan rings is 1. The third kappa shape index (κ3) is 1.57. The molecule has 72 valence electrons. The zero-order chi connectivity index (χ0) is 9.97. The predicted octanol–water partition coefficient (Wildman–Crippen LogP) is 2.66. The van der Waals surface area contributed by atoms with Crippen LogP contribution >= 0.6 is 0 Å². The average Bonchev–Trinajstić information content (AvgIpc) is 2.69. The van der Waals surface area contributed by atoms with Crippen molar-refractivity contribution in [1.82, 2.24) is 0 Å². The van der Waals surface area contributed by atoms with Crippen molar-refractivity contribution in [3.05, 3.63) is 36.6 Å². The van der Waals surface area contributed by atoms with Gasteiger partial charge in [0, 0.05) is 11.6 Å². The van der Waals surface area contributed by atoms with Crippen LogP contribution in [0.4, 0.5) is 0 Å². The number of hydrogen-bond donors (Lipinski definition) is 1. The molecule has 0 aliphatic carbocycles. The fourth-order valence-electron chi connectivity index (χ4n) is 1.29. The lowest BCUT2D eigenvalue weighted by Crippen LogP contribution is -1.83. The van der Waals surface area contributed by atoms with Crippen molar-refractivity contribution in [3.63, 3.8) is 0 Å². The van der Waals surface area contributed by atoms with E-state index in [1.807, 2.05) is 6.07 Å². The van der Waals surface area contributed by atoms with E-state index in [9.17, 15) is 5.11 Å². The Bertz CT molecular complexity index is 418. The van der Waals surface area contributed by atoms with Gasteiger partial charge >= 0.3 is 0 Å². The molecule has 1 aromatic heterocycles. The van der Waals surface area contributed by atoms with Gasteiger partial charge in [-0.15, -0.1) is 0 Å². The summed E-state index contributed by atoms with van der Waals surface area (Å²) in [4.78, 5) is 0. The predicted molar refractivity (Wildman–Crippen MR) is 52.4 cm³/mol. The van der Waals surface area contributed by atoms with E-state index in [0.29, 0.717) is 11.5 Å². The van der Waals surface area contributed by atoms with Gasteiger partial charge in [0.25, 0.3) is 0 Å². The fourth-order valence-corrected chi connectivity index (χ4v) is 1.29. The molecule has 14 heavy (non-hydrogen) atoms.